The summed E-state index contributed by atoms with van der Waals surface area (Å²) in [7, 11) is 0. The number of hydrogen-bond donors (Lipinski definition) is 1. The smallest absolute Gasteiger partial charge is 0.251 e. The van der Waals surface area contributed by atoms with Crippen molar-refractivity contribution in [3.05, 3.63) is 63.8 Å². The van der Waals surface area contributed by atoms with E-state index in [1.165, 1.54) is 0 Å². The number of aromatic nitrogens is 2. The second kappa shape index (κ2) is 7.01. The van der Waals surface area contributed by atoms with Gasteiger partial charge in [0.25, 0.3) is 5.56 Å². The molecule has 1 aromatic heterocycles. The van der Waals surface area contributed by atoms with Crippen molar-refractivity contribution in [2.75, 3.05) is 6.61 Å². The Morgan fingerprint density at radius 2 is 2.00 bits per heavy atom. The zero-order valence-corrected chi connectivity index (χ0v) is 11.9. The van der Waals surface area contributed by atoms with Gasteiger partial charge in [-0.15, -0.1) is 0 Å². The third-order valence-corrected chi connectivity index (χ3v) is 3.00. The van der Waals surface area contributed by atoms with Crippen molar-refractivity contribution in [2.24, 2.45) is 0 Å². The van der Waals surface area contributed by atoms with Crippen molar-refractivity contribution < 1.29 is 4.74 Å². The number of H-pyrrole nitrogens is 1. The molecular formula is C16H20N2O2. The molecule has 1 atom stereocenters. The summed E-state index contributed by atoms with van der Waals surface area (Å²) >= 11 is 0. The molecule has 4 heteroatoms. The van der Waals surface area contributed by atoms with Crippen LogP contribution in [-0.2, 0) is 11.2 Å². The fourth-order valence-electron chi connectivity index (χ4n) is 2.16. The molecule has 0 aliphatic heterocycles. The van der Waals surface area contributed by atoms with Crippen LogP contribution < -0.4 is 5.56 Å². The Morgan fingerprint density at radius 1 is 1.25 bits per heavy atom. The van der Waals surface area contributed by atoms with Crippen LogP contribution in [0.5, 0.6) is 0 Å². The van der Waals surface area contributed by atoms with Crippen LogP contribution in [0.15, 0.2) is 41.2 Å². The van der Waals surface area contributed by atoms with Crippen LogP contribution in [0.25, 0.3) is 0 Å². The Bertz CT molecular complexity index is 593. The maximum absolute atomic E-state index is 11.8. The maximum atomic E-state index is 11.8. The summed E-state index contributed by atoms with van der Waals surface area (Å²) in [6, 6.07) is 11.4. The number of benzene rings is 1. The van der Waals surface area contributed by atoms with Crippen LogP contribution in [0.1, 0.15) is 43.5 Å². The molecule has 0 aliphatic carbocycles. The first-order valence-corrected chi connectivity index (χ1v) is 7.01. The highest BCUT2D eigenvalue weighted by molar-refractivity contribution is 5.23. The van der Waals surface area contributed by atoms with E-state index in [9.17, 15) is 4.79 Å². The first-order valence-electron chi connectivity index (χ1n) is 7.01. The highest BCUT2D eigenvalue weighted by atomic mass is 16.5. The number of nitrogens with one attached hydrogen (secondary N) is 1. The van der Waals surface area contributed by atoms with Crippen molar-refractivity contribution in [1.82, 2.24) is 9.97 Å². The number of aromatic amines is 1. The van der Waals surface area contributed by atoms with E-state index >= 15 is 0 Å². The highest BCUT2D eigenvalue weighted by Crippen LogP contribution is 2.22. The van der Waals surface area contributed by atoms with Crippen molar-refractivity contribution in [2.45, 2.75) is 32.8 Å². The molecule has 0 saturated carbocycles. The van der Waals surface area contributed by atoms with Gasteiger partial charge in [-0.2, -0.15) is 0 Å². The van der Waals surface area contributed by atoms with Gasteiger partial charge in [-0.25, -0.2) is 4.98 Å². The van der Waals surface area contributed by atoms with Crippen LogP contribution in [0, 0.1) is 0 Å². The molecule has 2 aromatic rings. The van der Waals surface area contributed by atoms with Gasteiger partial charge in [-0.1, -0.05) is 43.7 Å². The number of aryl methyl sites for hydroxylation is 1. The summed E-state index contributed by atoms with van der Waals surface area (Å²) < 4.78 is 5.77. The van der Waals surface area contributed by atoms with Gasteiger partial charge in [-0.05, 0) is 18.9 Å². The average Bonchev–Trinajstić information content (AvgIpc) is 2.45. The summed E-state index contributed by atoms with van der Waals surface area (Å²) in [5.74, 6) is 0.578. The van der Waals surface area contributed by atoms with E-state index < -0.39 is 0 Å². The topological polar surface area (TPSA) is 55.0 Å². The van der Waals surface area contributed by atoms with Crippen LogP contribution in [0.3, 0.4) is 0 Å². The Labute approximate surface area is 118 Å². The minimum atomic E-state index is -0.328. The lowest BCUT2D eigenvalue weighted by Gasteiger charge is -2.17. The minimum Gasteiger partial charge on any atom is -0.366 e. The second-order valence-electron chi connectivity index (χ2n) is 4.62. The molecule has 0 aliphatic rings. The molecule has 1 heterocycles. The molecular weight excluding hydrogens is 252 g/mol. The van der Waals surface area contributed by atoms with Gasteiger partial charge in [0.2, 0.25) is 0 Å². The van der Waals surface area contributed by atoms with E-state index in [1.54, 1.807) is 6.07 Å². The molecule has 4 nitrogen and oxygen atoms in total. The zero-order chi connectivity index (χ0) is 14.4. The molecule has 0 spiro atoms. The number of ether oxygens (including phenoxy) is 1. The predicted molar refractivity (Wildman–Crippen MR) is 78.8 cm³/mol. The van der Waals surface area contributed by atoms with Crippen LogP contribution in [0.2, 0.25) is 0 Å². The molecule has 0 bridgehead atoms. The van der Waals surface area contributed by atoms with Gasteiger partial charge in [0, 0.05) is 18.4 Å². The molecule has 0 fully saturated rings. The lowest BCUT2D eigenvalue weighted by Crippen LogP contribution is -2.18. The summed E-state index contributed by atoms with van der Waals surface area (Å²) in [6.07, 6.45) is 1.43. The Morgan fingerprint density at radius 3 is 2.65 bits per heavy atom. The molecule has 0 radical (unpaired) electrons. The fraction of sp³-hybridized carbons (Fsp3) is 0.375. The lowest BCUT2D eigenvalue weighted by atomic mass is 10.1. The molecule has 1 N–H and O–H groups in total. The Hall–Kier alpha value is -1.94. The second-order valence-corrected chi connectivity index (χ2v) is 4.62. The SMILES string of the molecule is CCCc1cc(=O)[nH]c(C(OCC)c2ccccc2)n1. The van der Waals surface area contributed by atoms with Crippen molar-refractivity contribution in [3.63, 3.8) is 0 Å². The highest BCUT2D eigenvalue weighted by Gasteiger charge is 2.17. The number of nitrogens with zero attached hydrogens (tertiary/aromatic N) is 1. The van der Waals surface area contributed by atoms with Gasteiger partial charge >= 0.3 is 0 Å². The van der Waals surface area contributed by atoms with Crippen molar-refractivity contribution >= 4 is 0 Å². The zero-order valence-electron chi connectivity index (χ0n) is 11.9. The van der Waals surface area contributed by atoms with Gasteiger partial charge in [0.05, 0.1) is 0 Å². The normalized spacial score (nSPS) is 12.3. The standard InChI is InChI=1S/C16H20N2O2/c1-3-8-13-11-14(19)18-16(17-13)15(20-4-2)12-9-6-5-7-10-12/h5-7,9-11,15H,3-4,8H2,1-2H3,(H,17,18,19). The molecule has 1 unspecified atom stereocenters. The average molecular weight is 272 g/mol. The largest absolute Gasteiger partial charge is 0.366 e. The summed E-state index contributed by atoms with van der Waals surface area (Å²) in [4.78, 5) is 19.1. The number of hydrogen-bond acceptors (Lipinski definition) is 3. The van der Waals surface area contributed by atoms with E-state index in [-0.39, 0.29) is 11.7 Å². The van der Waals surface area contributed by atoms with Gasteiger partial charge in [-0.3, -0.25) is 4.79 Å². The molecule has 1 aromatic carbocycles. The van der Waals surface area contributed by atoms with Crippen molar-refractivity contribution in [1.29, 1.82) is 0 Å². The van der Waals surface area contributed by atoms with Crippen LogP contribution in [0.4, 0.5) is 0 Å². The lowest BCUT2D eigenvalue weighted by molar-refractivity contribution is 0.0847. The summed E-state index contributed by atoms with van der Waals surface area (Å²) in [5.41, 5.74) is 1.68. The van der Waals surface area contributed by atoms with E-state index in [4.69, 9.17) is 4.74 Å². The molecule has 2 rings (SSSR count). The third-order valence-electron chi connectivity index (χ3n) is 3.00. The van der Waals surface area contributed by atoms with Gasteiger partial charge in [0.15, 0.2) is 0 Å². The molecule has 0 saturated heterocycles. The summed E-state index contributed by atoms with van der Waals surface area (Å²) in [5, 5.41) is 0. The third kappa shape index (κ3) is 3.54. The van der Waals surface area contributed by atoms with Gasteiger partial charge in [0.1, 0.15) is 11.9 Å². The first kappa shape index (κ1) is 14.5. The minimum absolute atomic E-state index is 0.126. The van der Waals surface area contributed by atoms with E-state index in [2.05, 4.69) is 16.9 Å². The first-order chi connectivity index (χ1) is 9.74. The number of rotatable bonds is 6. The van der Waals surface area contributed by atoms with Crippen LogP contribution >= 0.6 is 0 Å². The quantitative estimate of drug-likeness (QED) is 0.879. The Kier molecular flexibility index (Phi) is 5.07. The molecule has 0 amide bonds. The summed E-state index contributed by atoms with van der Waals surface area (Å²) in [6.45, 7) is 4.56. The maximum Gasteiger partial charge on any atom is 0.251 e. The van der Waals surface area contributed by atoms with Gasteiger partial charge < -0.3 is 9.72 Å². The fourth-order valence-corrected chi connectivity index (χ4v) is 2.16. The Balaban J connectivity index is 2.41. The van der Waals surface area contributed by atoms with E-state index in [0.717, 1.165) is 24.1 Å². The predicted octanol–water partition coefficient (Wildman–Crippen LogP) is 2.85. The van der Waals surface area contributed by atoms with Crippen molar-refractivity contribution in [3.8, 4) is 0 Å². The van der Waals surface area contributed by atoms with Crippen LogP contribution in [-0.4, -0.2) is 16.6 Å². The van der Waals surface area contributed by atoms with E-state index in [1.807, 2.05) is 37.3 Å². The molecule has 106 valence electrons. The molecule has 20 heavy (non-hydrogen) atoms. The van der Waals surface area contributed by atoms with E-state index in [0.29, 0.717) is 12.4 Å². The monoisotopic (exact) mass is 272 g/mol.